The van der Waals surface area contributed by atoms with Crippen LogP contribution in [0.1, 0.15) is 29.5 Å². The van der Waals surface area contributed by atoms with Crippen LogP contribution < -0.4 is 0 Å². The quantitative estimate of drug-likeness (QED) is 0.447. The van der Waals surface area contributed by atoms with Gasteiger partial charge in [0.25, 0.3) is 0 Å². The fourth-order valence-corrected chi connectivity index (χ4v) is 33.4. The molecular weight excluding hydrogens is 423 g/mol. The predicted octanol–water partition coefficient (Wildman–Crippen LogP) is 5.54. The number of allylic oxidation sites excluding steroid dienone is 2. The van der Waals surface area contributed by atoms with Crippen molar-refractivity contribution in [1.29, 1.82) is 0 Å². The molecule has 2 atom stereocenters. The third kappa shape index (κ3) is 2.25. The van der Waals surface area contributed by atoms with Crippen molar-refractivity contribution in [1.82, 2.24) is 0 Å². The van der Waals surface area contributed by atoms with E-state index in [4.69, 9.17) is 8.51 Å². The van der Waals surface area contributed by atoms with Crippen molar-refractivity contribution >= 4 is 30.6 Å². The van der Waals surface area contributed by atoms with Gasteiger partial charge in [0.1, 0.15) is 0 Å². The fourth-order valence-electron chi connectivity index (χ4n) is 4.76. The summed E-state index contributed by atoms with van der Waals surface area (Å²) in [5.41, 5.74) is 4.96. The molecule has 25 heavy (non-hydrogen) atoms. The van der Waals surface area contributed by atoms with E-state index in [9.17, 15) is 4.79 Å². The maximum atomic E-state index is 12.9. The van der Waals surface area contributed by atoms with Gasteiger partial charge in [-0.3, -0.25) is 0 Å². The van der Waals surface area contributed by atoms with Crippen LogP contribution in [0.25, 0.3) is 12.2 Å². The van der Waals surface area contributed by atoms with Gasteiger partial charge >= 0.3 is 155 Å². The Kier molecular flexibility index (Phi) is 4.18. The SMILES string of the molecule is C[SiH](C)[Zr]([Cl])([CH]=O)([CH]1C=Cc2ccccc21)[CH]1C=Cc2ccccc21. The molecule has 4 rings (SSSR count). The molecule has 0 spiro atoms. The summed E-state index contributed by atoms with van der Waals surface area (Å²) < 4.78 is 1.49. The number of fused-ring (bicyclic) bond motifs is 2. The van der Waals surface area contributed by atoms with Gasteiger partial charge in [-0.1, -0.05) is 0 Å². The molecule has 0 aliphatic heterocycles. The normalized spacial score (nSPS) is 22.5. The first-order chi connectivity index (χ1) is 12.0. The predicted molar refractivity (Wildman–Crippen MR) is 108 cm³/mol. The van der Waals surface area contributed by atoms with Crippen LogP contribution in [0.5, 0.6) is 0 Å². The van der Waals surface area contributed by atoms with E-state index in [1.807, 2.05) is 0 Å². The van der Waals surface area contributed by atoms with Crippen molar-refractivity contribution in [2.75, 3.05) is 0 Å². The summed E-state index contributed by atoms with van der Waals surface area (Å²) in [7, 11) is 7.79. The molecular formula is C21H22ClOSiZr. The van der Waals surface area contributed by atoms with E-state index in [1.165, 1.54) is 26.2 Å². The third-order valence-corrected chi connectivity index (χ3v) is 53.0. The molecule has 0 fully saturated rings. The van der Waals surface area contributed by atoms with Gasteiger partial charge < -0.3 is 0 Å². The van der Waals surface area contributed by atoms with Crippen LogP contribution in [0.2, 0.25) is 13.1 Å². The van der Waals surface area contributed by atoms with Crippen LogP contribution in [0, 0.1) is 0 Å². The average Bonchev–Trinajstić information content (AvgIpc) is 3.26. The molecule has 0 saturated carbocycles. The first-order valence-electron chi connectivity index (χ1n) is 8.88. The van der Waals surface area contributed by atoms with Crippen molar-refractivity contribution in [3.8, 4) is 0 Å². The van der Waals surface area contributed by atoms with Crippen LogP contribution in [0.15, 0.2) is 60.7 Å². The number of hydrogen-bond donors (Lipinski definition) is 0. The summed E-state index contributed by atoms with van der Waals surface area (Å²) in [6.07, 6.45) is 8.80. The van der Waals surface area contributed by atoms with Gasteiger partial charge in [-0.15, -0.1) is 0 Å². The zero-order valence-corrected chi connectivity index (χ0v) is 18.9. The topological polar surface area (TPSA) is 17.1 Å². The van der Waals surface area contributed by atoms with E-state index in [2.05, 4.69) is 85.9 Å². The molecule has 1 nitrogen and oxygen atoms in total. The van der Waals surface area contributed by atoms with Gasteiger partial charge in [0.15, 0.2) is 0 Å². The first kappa shape index (κ1) is 17.4. The Hall–Kier alpha value is -1.02. The molecule has 0 radical (unpaired) electrons. The Bertz CT molecular complexity index is 856. The van der Waals surface area contributed by atoms with Gasteiger partial charge in [0.05, 0.1) is 0 Å². The average molecular weight is 445 g/mol. The Labute approximate surface area is 154 Å². The molecule has 127 valence electrons. The molecule has 0 aromatic heterocycles. The molecule has 2 aromatic rings. The molecule has 0 N–H and O–H groups in total. The number of hydrogen-bond acceptors (Lipinski definition) is 1. The van der Waals surface area contributed by atoms with Gasteiger partial charge in [-0.25, -0.2) is 0 Å². The standard InChI is InChI=1S/2C9H7.C2H7Si.CHO.ClH.Zr/c2*1-2-5-9-7-3-6-8(9)4-1;1-3-2;1-2;;/h2*1-7H;3H,1-2H3;1H;1H;/q;;;;;+1/p-1. The molecule has 2 aliphatic rings. The van der Waals surface area contributed by atoms with Gasteiger partial charge in [-0.2, -0.15) is 0 Å². The second-order valence-electron chi connectivity index (χ2n) is 7.64. The maximum absolute atomic E-state index is 12.9. The van der Waals surface area contributed by atoms with Gasteiger partial charge in [-0.05, 0) is 0 Å². The van der Waals surface area contributed by atoms with Crippen LogP contribution in [-0.4, -0.2) is 9.92 Å². The third-order valence-electron chi connectivity index (χ3n) is 6.38. The van der Waals surface area contributed by atoms with Gasteiger partial charge in [0, 0.05) is 0 Å². The minimum absolute atomic E-state index is 0.101. The van der Waals surface area contributed by atoms with Crippen LogP contribution in [0.4, 0.5) is 0 Å². The number of rotatable bonds is 4. The molecule has 2 unspecified atom stereocenters. The van der Waals surface area contributed by atoms with Crippen molar-refractivity contribution in [2.24, 2.45) is 0 Å². The number of benzene rings is 2. The minimum atomic E-state index is -4.38. The van der Waals surface area contributed by atoms with E-state index >= 15 is 0 Å². The van der Waals surface area contributed by atoms with Gasteiger partial charge in [0.2, 0.25) is 0 Å². The van der Waals surface area contributed by atoms with E-state index < -0.39 is 22.7 Å². The van der Waals surface area contributed by atoms with Crippen molar-refractivity contribution in [3.63, 3.8) is 0 Å². The zero-order chi connectivity index (χ0) is 17.7. The van der Waals surface area contributed by atoms with Crippen molar-refractivity contribution in [3.05, 3.63) is 82.9 Å². The van der Waals surface area contributed by atoms with E-state index in [0.717, 1.165) is 0 Å². The fraction of sp³-hybridized carbons (Fsp3) is 0.190. The summed E-state index contributed by atoms with van der Waals surface area (Å²) in [5.74, 6) is -1.46. The molecule has 4 heteroatoms. The summed E-state index contributed by atoms with van der Waals surface area (Å²) in [5, 5.41) is 0. The monoisotopic (exact) mass is 443 g/mol. The number of halogens is 1. The molecule has 0 amide bonds. The van der Waals surface area contributed by atoms with Crippen LogP contribution in [0.3, 0.4) is 0 Å². The van der Waals surface area contributed by atoms with Crippen molar-refractivity contribution in [2.45, 2.75) is 20.3 Å². The molecule has 0 heterocycles. The summed E-state index contributed by atoms with van der Waals surface area (Å²) in [6, 6.07) is 16.9. The summed E-state index contributed by atoms with van der Waals surface area (Å²) in [6.45, 7) is 4.58. The Morgan fingerprint density at radius 1 is 0.880 bits per heavy atom. The van der Waals surface area contributed by atoms with E-state index in [1.54, 1.807) is 0 Å². The van der Waals surface area contributed by atoms with E-state index in [-0.39, 0.29) is 7.25 Å². The Morgan fingerprint density at radius 2 is 1.32 bits per heavy atom. The molecule has 2 aliphatic carbocycles. The first-order valence-corrected chi connectivity index (χ1v) is 23.4. The number of carbonyl (C=O) groups is 1. The van der Waals surface area contributed by atoms with Crippen molar-refractivity contribution < 1.29 is 21.5 Å². The van der Waals surface area contributed by atoms with E-state index in [0.29, 0.717) is 0 Å². The number of carbonyl (C=O) groups excluding carboxylic acids is 1. The molecule has 2 aromatic carbocycles. The Balaban J connectivity index is 1.97. The van der Waals surface area contributed by atoms with Crippen LogP contribution in [-0.2, 0) is 21.5 Å². The summed E-state index contributed by atoms with van der Waals surface area (Å²) >= 11 is -4.38. The molecule has 0 saturated heterocycles. The Morgan fingerprint density at radius 3 is 1.72 bits per heavy atom. The zero-order valence-electron chi connectivity index (χ0n) is 14.5. The summed E-state index contributed by atoms with van der Waals surface area (Å²) in [4.78, 5) is 12.9. The molecule has 0 bridgehead atoms. The van der Waals surface area contributed by atoms with Crippen LogP contribution >= 0.6 is 8.51 Å². The second-order valence-corrected chi connectivity index (χ2v) is 44.1. The second kappa shape index (κ2) is 6.01.